The van der Waals surface area contributed by atoms with Crippen LogP contribution in [0.1, 0.15) is 47.6 Å². The van der Waals surface area contributed by atoms with E-state index in [2.05, 4.69) is 27.7 Å². The van der Waals surface area contributed by atoms with Crippen LogP contribution >= 0.6 is 0 Å². The maximum Gasteiger partial charge on any atom is 0.254 e. The molecule has 1 fully saturated rings. The minimum absolute atomic E-state index is 0.0522. The largest absolute Gasteiger partial charge is 0.494 e. The highest BCUT2D eigenvalue weighted by atomic mass is 16.5. The molecule has 28 heavy (non-hydrogen) atoms. The van der Waals surface area contributed by atoms with E-state index < -0.39 is 0 Å². The summed E-state index contributed by atoms with van der Waals surface area (Å²) in [6, 6.07) is 15.6. The topological polar surface area (TPSA) is 73.1 Å². The molecule has 0 aliphatic carbocycles. The summed E-state index contributed by atoms with van der Waals surface area (Å²) >= 11 is 0. The highest BCUT2D eigenvalue weighted by molar-refractivity contribution is 5.94. The first-order valence-electron chi connectivity index (χ1n) is 9.56. The first kappa shape index (κ1) is 18.2. The SMILES string of the molecule is CCOc1ccc([C@H]2CCCN2C(=O)c2ccc(-n3nnnc3C)cc2)cc1. The van der Waals surface area contributed by atoms with Gasteiger partial charge in [0.2, 0.25) is 0 Å². The van der Waals surface area contributed by atoms with Gasteiger partial charge in [-0.3, -0.25) is 4.79 Å². The Morgan fingerprint density at radius 1 is 1.14 bits per heavy atom. The predicted octanol–water partition coefficient (Wildman–Crippen LogP) is 3.35. The van der Waals surface area contributed by atoms with Crippen LogP contribution in [0.2, 0.25) is 0 Å². The van der Waals surface area contributed by atoms with Crippen LogP contribution in [0.4, 0.5) is 0 Å². The summed E-state index contributed by atoms with van der Waals surface area (Å²) in [5.74, 6) is 1.61. The van der Waals surface area contributed by atoms with Crippen LogP contribution in [-0.4, -0.2) is 44.2 Å². The number of benzene rings is 2. The van der Waals surface area contributed by atoms with Crippen LogP contribution < -0.4 is 4.74 Å². The number of nitrogens with zero attached hydrogens (tertiary/aromatic N) is 5. The maximum atomic E-state index is 13.1. The van der Waals surface area contributed by atoms with Crippen molar-refractivity contribution in [3.05, 3.63) is 65.5 Å². The van der Waals surface area contributed by atoms with Crippen LogP contribution in [0.5, 0.6) is 5.75 Å². The molecule has 0 unspecified atom stereocenters. The summed E-state index contributed by atoms with van der Waals surface area (Å²) in [7, 11) is 0. The monoisotopic (exact) mass is 377 g/mol. The van der Waals surface area contributed by atoms with Gasteiger partial charge in [-0.2, -0.15) is 4.68 Å². The molecule has 4 rings (SSSR count). The van der Waals surface area contributed by atoms with Gasteiger partial charge in [0, 0.05) is 12.1 Å². The number of hydrogen-bond acceptors (Lipinski definition) is 5. The maximum absolute atomic E-state index is 13.1. The van der Waals surface area contributed by atoms with Gasteiger partial charge in [0.1, 0.15) is 5.75 Å². The average molecular weight is 377 g/mol. The highest BCUT2D eigenvalue weighted by Gasteiger charge is 2.30. The van der Waals surface area contributed by atoms with E-state index in [1.165, 1.54) is 0 Å². The molecule has 3 aromatic rings. The molecule has 1 atom stereocenters. The second-order valence-electron chi connectivity index (χ2n) is 6.84. The van der Waals surface area contributed by atoms with Crippen LogP contribution in [0.3, 0.4) is 0 Å². The minimum atomic E-state index is 0.0522. The van der Waals surface area contributed by atoms with Gasteiger partial charge < -0.3 is 9.64 Å². The Morgan fingerprint density at radius 3 is 2.54 bits per heavy atom. The molecule has 0 bridgehead atoms. The molecule has 1 amide bonds. The van der Waals surface area contributed by atoms with Gasteiger partial charge in [-0.15, -0.1) is 5.10 Å². The molecule has 0 spiro atoms. The molecule has 144 valence electrons. The third kappa shape index (κ3) is 3.47. The summed E-state index contributed by atoms with van der Waals surface area (Å²) in [5, 5.41) is 11.5. The molecular formula is C21H23N5O2. The lowest BCUT2D eigenvalue weighted by atomic mass is 10.0. The molecule has 7 heteroatoms. The standard InChI is InChI=1S/C21H23N5O2/c1-3-28-19-12-8-16(9-13-19)20-5-4-14-25(20)21(27)17-6-10-18(11-7-17)26-15(2)22-23-24-26/h6-13,20H,3-5,14H2,1-2H3/t20-/m1/s1. The zero-order chi connectivity index (χ0) is 19.5. The van der Waals surface area contributed by atoms with E-state index in [-0.39, 0.29) is 11.9 Å². The molecule has 2 aromatic carbocycles. The Morgan fingerprint density at radius 2 is 1.89 bits per heavy atom. The van der Waals surface area contributed by atoms with Gasteiger partial charge >= 0.3 is 0 Å². The number of amides is 1. The van der Waals surface area contributed by atoms with Crippen LogP contribution in [0, 0.1) is 6.92 Å². The first-order chi connectivity index (χ1) is 13.7. The van der Waals surface area contributed by atoms with Crippen molar-refractivity contribution in [3.63, 3.8) is 0 Å². The lowest BCUT2D eigenvalue weighted by Gasteiger charge is -2.25. The van der Waals surface area contributed by atoms with E-state index >= 15 is 0 Å². The number of ether oxygens (including phenoxy) is 1. The van der Waals surface area contributed by atoms with Crippen LogP contribution in [0.15, 0.2) is 48.5 Å². The molecule has 7 nitrogen and oxygen atoms in total. The zero-order valence-electron chi connectivity index (χ0n) is 16.1. The summed E-state index contributed by atoms with van der Waals surface area (Å²) in [4.78, 5) is 15.1. The molecule has 1 aromatic heterocycles. The van der Waals surface area contributed by atoms with E-state index in [1.54, 1.807) is 4.68 Å². The second-order valence-corrected chi connectivity index (χ2v) is 6.84. The number of aryl methyl sites for hydroxylation is 1. The number of carbonyl (C=O) groups is 1. The summed E-state index contributed by atoms with van der Waals surface area (Å²) in [6.07, 6.45) is 1.98. The smallest absolute Gasteiger partial charge is 0.254 e. The summed E-state index contributed by atoms with van der Waals surface area (Å²) in [6.45, 7) is 5.22. The second kappa shape index (κ2) is 7.80. The quantitative estimate of drug-likeness (QED) is 0.682. The van der Waals surface area contributed by atoms with Gasteiger partial charge in [0.25, 0.3) is 5.91 Å². The van der Waals surface area contributed by atoms with Crippen LogP contribution in [0.25, 0.3) is 5.69 Å². The highest BCUT2D eigenvalue weighted by Crippen LogP contribution is 2.34. The molecule has 0 saturated carbocycles. The minimum Gasteiger partial charge on any atom is -0.494 e. The number of aromatic nitrogens is 4. The molecular weight excluding hydrogens is 354 g/mol. The molecule has 0 N–H and O–H groups in total. The van der Waals surface area contributed by atoms with E-state index in [0.717, 1.165) is 36.4 Å². The Labute approximate surface area is 163 Å². The fourth-order valence-electron chi connectivity index (χ4n) is 3.69. The van der Waals surface area contributed by atoms with Crippen LogP contribution in [-0.2, 0) is 0 Å². The molecule has 1 saturated heterocycles. The van der Waals surface area contributed by atoms with Crippen molar-refractivity contribution in [1.82, 2.24) is 25.1 Å². The summed E-state index contributed by atoms with van der Waals surface area (Å²) < 4.78 is 7.17. The Kier molecular flexibility index (Phi) is 5.06. The number of likely N-dealkylation sites (tertiary alicyclic amines) is 1. The Bertz CT molecular complexity index is 950. The number of rotatable bonds is 5. The third-order valence-corrected chi connectivity index (χ3v) is 5.07. The zero-order valence-corrected chi connectivity index (χ0v) is 16.1. The van der Waals surface area contributed by atoms with Gasteiger partial charge in [0.05, 0.1) is 18.3 Å². The van der Waals surface area contributed by atoms with Crippen molar-refractivity contribution in [2.45, 2.75) is 32.7 Å². The van der Waals surface area contributed by atoms with Crippen molar-refractivity contribution in [3.8, 4) is 11.4 Å². The van der Waals surface area contributed by atoms with Gasteiger partial charge in [0.15, 0.2) is 5.82 Å². The van der Waals surface area contributed by atoms with Crippen molar-refractivity contribution in [2.75, 3.05) is 13.2 Å². The van der Waals surface area contributed by atoms with Gasteiger partial charge in [-0.1, -0.05) is 12.1 Å². The molecule has 2 heterocycles. The molecule has 1 aliphatic rings. The number of carbonyl (C=O) groups excluding carboxylic acids is 1. The number of tetrazole rings is 1. The van der Waals surface area contributed by atoms with Gasteiger partial charge in [-0.25, -0.2) is 0 Å². The Balaban J connectivity index is 1.52. The lowest BCUT2D eigenvalue weighted by Crippen LogP contribution is -2.30. The normalized spacial score (nSPS) is 16.4. The average Bonchev–Trinajstić information content (AvgIpc) is 3.38. The fourth-order valence-corrected chi connectivity index (χ4v) is 3.69. The first-order valence-corrected chi connectivity index (χ1v) is 9.56. The molecule has 0 radical (unpaired) electrons. The van der Waals surface area contributed by atoms with E-state index in [4.69, 9.17) is 4.74 Å². The molecule has 1 aliphatic heterocycles. The van der Waals surface area contributed by atoms with Crippen molar-refractivity contribution in [1.29, 1.82) is 0 Å². The van der Waals surface area contributed by atoms with Gasteiger partial charge in [-0.05, 0) is 79.1 Å². The van der Waals surface area contributed by atoms with E-state index in [1.807, 2.05) is 55.1 Å². The van der Waals surface area contributed by atoms with Crippen molar-refractivity contribution in [2.24, 2.45) is 0 Å². The lowest BCUT2D eigenvalue weighted by molar-refractivity contribution is 0.0735. The Hall–Kier alpha value is -3.22. The van der Waals surface area contributed by atoms with Crippen molar-refractivity contribution < 1.29 is 9.53 Å². The van der Waals surface area contributed by atoms with E-state index in [0.29, 0.717) is 18.0 Å². The van der Waals surface area contributed by atoms with E-state index in [9.17, 15) is 4.79 Å². The predicted molar refractivity (Wildman–Crippen MR) is 105 cm³/mol. The fraction of sp³-hybridized carbons (Fsp3) is 0.333. The third-order valence-electron chi connectivity index (χ3n) is 5.07. The summed E-state index contributed by atoms with van der Waals surface area (Å²) in [5.41, 5.74) is 2.66. The number of hydrogen-bond donors (Lipinski definition) is 0. The van der Waals surface area contributed by atoms with Crippen molar-refractivity contribution >= 4 is 5.91 Å².